The van der Waals surface area contributed by atoms with Crippen LogP contribution in [0.1, 0.15) is 73.5 Å². The fraction of sp³-hybridized carbons (Fsp3) is 0.421. The molecule has 49 heavy (non-hydrogen) atoms. The topological polar surface area (TPSA) is 123 Å². The summed E-state index contributed by atoms with van der Waals surface area (Å²) < 4.78 is 15.3. The molecule has 2 atom stereocenters. The van der Waals surface area contributed by atoms with E-state index in [9.17, 15) is 9.59 Å². The molecule has 258 valence electrons. The fourth-order valence-electron chi connectivity index (χ4n) is 7.00. The van der Waals surface area contributed by atoms with Gasteiger partial charge in [0.1, 0.15) is 29.2 Å². The second kappa shape index (κ2) is 14.0. The van der Waals surface area contributed by atoms with Crippen molar-refractivity contribution < 1.29 is 19.1 Å². The van der Waals surface area contributed by atoms with Gasteiger partial charge in [0.15, 0.2) is 0 Å². The first-order chi connectivity index (χ1) is 23.3. The van der Waals surface area contributed by atoms with Crippen molar-refractivity contribution in [2.45, 2.75) is 85.5 Å². The normalized spacial score (nSPS) is 15.3. The predicted molar refractivity (Wildman–Crippen MR) is 195 cm³/mol. The van der Waals surface area contributed by atoms with Gasteiger partial charge in [-0.3, -0.25) is 0 Å². The molecule has 1 aliphatic heterocycles. The van der Waals surface area contributed by atoms with Crippen molar-refractivity contribution in [1.82, 2.24) is 30.2 Å². The Labute approximate surface area is 295 Å². The smallest absolute Gasteiger partial charge is 0.408 e. The Morgan fingerprint density at radius 1 is 1.04 bits per heavy atom. The summed E-state index contributed by atoms with van der Waals surface area (Å²) in [5.41, 5.74) is 6.82. The maximum Gasteiger partial charge on any atom is 0.408 e. The Bertz CT molecular complexity index is 2000. The number of hydrogen-bond acceptors (Lipinski definition) is 7. The van der Waals surface area contributed by atoms with Gasteiger partial charge in [-0.2, -0.15) is 0 Å². The highest BCUT2D eigenvalue weighted by atomic mass is 79.9. The van der Waals surface area contributed by atoms with Crippen LogP contribution in [0.15, 0.2) is 53.3 Å². The number of para-hydroxylation sites is 1. The number of rotatable bonds is 8. The summed E-state index contributed by atoms with van der Waals surface area (Å²) in [5, 5.41) is 8.12. The second-order valence-corrected chi connectivity index (χ2v) is 15.0. The summed E-state index contributed by atoms with van der Waals surface area (Å²) in [5.74, 6) is 0.0594. The molecule has 4 heterocycles. The number of aromatic amines is 1. The third kappa shape index (κ3) is 7.52. The van der Waals surface area contributed by atoms with E-state index in [2.05, 4.69) is 75.2 Å². The molecule has 3 N–H and O–H groups in total. The number of alkyl carbamates (subject to hydrolysis) is 1. The Kier molecular flexibility index (Phi) is 9.86. The van der Waals surface area contributed by atoms with Gasteiger partial charge in [0, 0.05) is 45.5 Å². The largest absolute Gasteiger partial charge is 0.454 e. The number of H-pyrrole nitrogens is 1. The zero-order valence-electron chi connectivity index (χ0n) is 29.2. The van der Waals surface area contributed by atoms with Crippen molar-refractivity contribution in [1.29, 1.82) is 0 Å². The Morgan fingerprint density at radius 3 is 2.43 bits per heavy atom. The number of halogens is 1. The number of hydrogen-bond donors (Lipinski definition) is 3. The molecule has 0 spiro atoms. The van der Waals surface area contributed by atoms with E-state index >= 15 is 0 Å². The van der Waals surface area contributed by atoms with Crippen LogP contribution in [0.2, 0.25) is 0 Å². The number of amides is 1. The highest BCUT2D eigenvalue weighted by Gasteiger charge is 2.36. The standard InChI is InChI=1S/C38H45BrN6O4/c1-21-16-27(39)17-22(2)33(21)45-20-23(3)31-32(42-24(4)43-35(31)45)34(25-12-14-40-15-13-25)48-36(46)30(44-37(47)49-38(5,6)7)18-26-19-41-29-11-9-8-10-28(26)29/h8-11,16-17,19-20,25,30,34,40-41H,12-15,18H2,1-7H3,(H,44,47). The number of esters is 1. The van der Waals surface area contributed by atoms with E-state index in [4.69, 9.17) is 19.4 Å². The van der Waals surface area contributed by atoms with E-state index in [-0.39, 0.29) is 12.3 Å². The molecule has 0 radical (unpaired) electrons. The summed E-state index contributed by atoms with van der Waals surface area (Å²) in [6, 6.07) is 11.1. The lowest BCUT2D eigenvalue weighted by Crippen LogP contribution is -2.46. The number of piperidine rings is 1. The number of carbonyl (C=O) groups is 2. The molecule has 0 bridgehead atoms. The first kappa shape index (κ1) is 34.6. The average Bonchev–Trinajstić information content (AvgIpc) is 3.58. The van der Waals surface area contributed by atoms with E-state index in [1.807, 2.05) is 37.4 Å². The van der Waals surface area contributed by atoms with Gasteiger partial charge in [-0.25, -0.2) is 19.6 Å². The van der Waals surface area contributed by atoms with Crippen molar-refractivity contribution >= 4 is 49.9 Å². The van der Waals surface area contributed by atoms with Crippen LogP contribution in [0.5, 0.6) is 0 Å². The number of benzene rings is 2. The Morgan fingerprint density at radius 2 is 1.73 bits per heavy atom. The number of fused-ring (bicyclic) bond motifs is 2. The van der Waals surface area contributed by atoms with Gasteiger partial charge in [-0.1, -0.05) is 34.1 Å². The zero-order chi connectivity index (χ0) is 35.0. The Hall–Kier alpha value is -4.22. The lowest BCUT2D eigenvalue weighted by molar-refractivity contribution is -0.155. The van der Waals surface area contributed by atoms with E-state index in [1.165, 1.54) is 0 Å². The number of nitrogens with zero attached hydrogens (tertiary/aromatic N) is 3. The van der Waals surface area contributed by atoms with Crippen molar-refractivity contribution in [2.75, 3.05) is 13.1 Å². The molecule has 1 saturated heterocycles. The van der Waals surface area contributed by atoms with Gasteiger partial charge in [0.05, 0.1) is 11.4 Å². The van der Waals surface area contributed by atoms with Crippen LogP contribution in [0.25, 0.3) is 27.6 Å². The van der Waals surface area contributed by atoms with Crippen LogP contribution in [0, 0.1) is 33.6 Å². The van der Waals surface area contributed by atoms with Crippen molar-refractivity contribution in [3.63, 3.8) is 0 Å². The average molecular weight is 730 g/mol. The van der Waals surface area contributed by atoms with E-state index in [1.54, 1.807) is 20.8 Å². The van der Waals surface area contributed by atoms with Gasteiger partial charge in [0.25, 0.3) is 0 Å². The molecule has 2 aromatic carbocycles. The molecule has 10 nitrogen and oxygen atoms in total. The number of carbonyl (C=O) groups excluding carboxylic acids is 2. The van der Waals surface area contributed by atoms with Crippen LogP contribution < -0.4 is 10.6 Å². The fourth-order valence-corrected chi connectivity index (χ4v) is 7.69. The van der Waals surface area contributed by atoms with Gasteiger partial charge in [0.2, 0.25) is 0 Å². The zero-order valence-corrected chi connectivity index (χ0v) is 30.8. The number of ether oxygens (including phenoxy) is 2. The number of aromatic nitrogens is 4. The van der Waals surface area contributed by atoms with Gasteiger partial charge >= 0.3 is 12.1 Å². The molecule has 1 amide bonds. The minimum Gasteiger partial charge on any atom is -0.454 e. The summed E-state index contributed by atoms with van der Waals surface area (Å²) in [4.78, 5) is 40.7. The van der Waals surface area contributed by atoms with Crippen LogP contribution in [0.4, 0.5) is 4.79 Å². The van der Waals surface area contributed by atoms with Gasteiger partial charge in [-0.05, 0) is 115 Å². The molecule has 11 heteroatoms. The van der Waals surface area contributed by atoms with Crippen LogP contribution in [0.3, 0.4) is 0 Å². The van der Waals surface area contributed by atoms with Crippen LogP contribution >= 0.6 is 15.9 Å². The maximum atomic E-state index is 14.4. The lowest BCUT2D eigenvalue weighted by Gasteiger charge is -2.32. The monoisotopic (exact) mass is 728 g/mol. The SMILES string of the molecule is Cc1nc(C(OC(=O)C(Cc2c[nH]c3ccccc23)NC(=O)OC(C)(C)C)C2CCNCC2)c2c(C)cn(-c3c(C)cc(Br)cc3C)c2n1. The van der Waals surface area contributed by atoms with Crippen molar-refractivity contribution in [3.05, 3.63) is 87.0 Å². The number of aryl methyl sites for hydroxylation is 4. The summed E-state index contributed by atoms with van der Waals surface area (Å²) in [6.45, 7) is 15.1. The van der Waals surface area contributed by atoms with Crippen LogP contribution in [-0.2, 0) is 20.7 Å². The quantitative estimate of drug-likeness (QED) is 0.141. The molecule has 6 rings (SSSR count). The summed E-state index contributed by atoms with van der Waals surface area (Å²) in [7, 11) is 0. The minimum atomic E-state index is -1.00. The highest BCUT2D eigenvalue weighted by Crippen LogP contribution is 2.38. The third-order valence-electron chi connectivity index (χ3n) is 9.07. The summed E-state index contributed by atoms with van der Waals surface area (Å²) >= 11 is 3.63. The van der Waals surface area contributed by atoms with Crippen molar-refractivity contribution in [3.8, 4) is 5.69 Å². The molecular formula is C38H45BrN6O4. The van der Waals surface area contributed by atoms with E-state index < -0.39 is 29.8 Å². The lowest BCUT2D eigenvalue weighted by atomic mass is 9.88. The Balaban J connectivity index is 1.42. The highest BCUT2D eigenvalue weighted by molar-refractivity contribution is 9.10. The molecule has 2 unspecified atom stereocenters. The second-order valence-electron chi connectivity index (χ2n) is 14.1. The summed E-state index contributed by atoms with van der Waals surface area (Å²) in [6.07, 6.45) is 4.46. The molecule has 0 saturated carbocycles. The predicted octanol–water partition coefficient (Wildman–Crippen LogP) is 7.62. The number of nitrogens with one attached hydrogen (secondary N) is 3. The minimum absolute atomic E-state index is 0.0110. The molecule has 1 aliphatic rings. The van der Waals surface area contributed by atoms with E-state index in [0.29, 0.717) is 11.5 Å². The molecule has 1 fully saturated rings. The maximum absolute atomic E-state index is 14.4. The third-order valence-corrected chi connectivity index (χ3v) is 9.53. The van der Waals surface area contributed by atoms with Crippen molar-refractivity contribution in [2.24, 2.45) is 5.92 Å². The van der Waals surface area contributed by atoms with Crippen LogP contribution in [-0.4, -0.2) is 56.3 Å². The van der Waals surface area contributed by atoms with Gasteiger partial charge in [-0.15, -0.1) is 0 Å². The van der Waals surface area contributed by atoms with Gasteiger partial charge < -0.3 is 29.7 Å². The molecular weight excluding hydrogens is 684 g/mol. The molecule has 5 aromatic rings. The molecule has 0 aliphatic carbocycles. The molecule has 3 aromatic heterocycles. The first-order valence-electron chi connectivity index (χ1n) is 16.9. The first-order valence-corrected chi connectivity index (χ1v) is 17.7. The van der Waals surface area contributed by atoms with E-state index in [0.717, 1.165) is 80.3 Å².